The van der Waals surface area contributed by atoms with Gasteiger partial charge < -0.3 is 19.7 Å². The van der Waals surface area contributed by atoms with Crippen LogP contribution < -0.4 is 19.7 Å². The van der Waals surface area contributed by atoms with Crippen molar-refractivity contribution in [2.75, 3.05) is 56.2 Å². The van der Waals surface area contributed by atoms with Gasteiger partial charge in [-0.3, -0.25) is 9.69 Å². The maximum atomic E-state index is 12.4. The van der Waals surface area contributed by atoms with E-state index in [1.54, 1.807) is 0 Å². The van der Waals surface area contributed by atoms with Gasteiger partial charge in [-0.1, -0.05) is 13.3 Å². The summed E-state index contributed by atoms with van der Waals surface area (Å²) in [5.41, 5.74) is 1.89. The third kappa shape index (κ3) is 4.95. The third-order valence-corrected chi connectivity index (χ3v) is 5.08. The zero-order valence-electron chi connectivity index (χ0n) is 16.8. The molecule has 0 atom stereocenters. The summed E-state index contributed by atoms with van der Waals surface area (Å²) in [5.74, 6) is 2.13. The van der Waals surface area contributed by atoms with Crippen molar-refractivity contribution in [2.24, 2.45) is 0 Å². The van der Waals surface area contributed by atoms with E-state index in [1.807, 2.05) is 30.6 Å². The zero-order valence-corrected chi connectivity index (χ0v) is 16.8. The van der Waals surface area contributed by atoms with Crippen LogP contribution in [0.2, 0.25) is 0 Å². The van der Waals surface area contributed by atoms with Gasteiger partial charge >= 0.3 is 0 Å². The van der Waals surface area contributed by atoms with Crippen molar-refractivity contribution in [3.63, 3.8) is 0 Å². The van der Waals surface area contributed by atoms with E-state index in [-0.39, 0.29) is 5.91 Å². The lowest BCUT2D eigenvalue weighted by Gasteiger charge is -2.34. The molecule has 154 valence electrons. The van der Waals surface area contributed by atoms with Crippen LogP contribution in [0.3, 0.4) is 0 Å². The fourth-order valence-corrected chi connectivity index (χ4v) is 3.56. The smallest absolute Gasteiger partial charge is 0.238 e. The first kappa shape index (κ1) is 19.4. The molecule has 1 amide bonds. The fourth-order valence-electron chi connectivity index (χ4n) is 3.56. The minimum absolute atomic E-state index is 0.0321. The Morgan fingerprint density at radius 3 is 2.52 bits per heavy atom. The summed E-state index contributed by atoms with van der Waals surface area (Å²) in [6, 6.07) is 5.47. The van der Waals surface area contributed by atoms with Crippen LogP contribution >= 0.6 is 0 Å². The van der Waals surface area contributed by atoms with Crippen LogP contribution in [-0.4, -0.2) is 66.7 Å². The van der Waals surface area contributed by atoms with Crippen LogP contribution in [0.15, 0.2) is 30.6 Å². The second-order valence-electron chi connectivity index (χ2n) is 7.31. The normalized spacial score (nSPS) is 16.5. The topological polar surface area (TPSA) is 79.8 Å². The molecule has 3 heterocycles. The molecule has 0 saturated carbocycles. The molecule has 8 nitrogen and oxygen atoms in total. The highest BCUT2D eigenvalue weighted by Crippen LogP contribution is 2.32. The standard InChI is InChI=1S/C21H27N5O3/c1-2-3-16-13-22-21(23-14-16)26-8-6-25(7-9-26)15-20(27)24-17-4-5-18-19(12-17)29-11-10-28-18/h4-5,12-14H,2-3,6-11,15H2,1H3,(H,24,27). The van der Waals surface area contributed by atoms with E-state index in [9.17, 15) is 4.79 Å². The molecule has 0 spiro atoms. The third-order valence-electron chi connectivity index (χ3n) is 5.08. The first-order valence-corrected chi connectivity index (χ1v) is 10.2. The van der Waals surface area contributed by atoms with Gasteiger partial charge in [-0.05, 0) is 24.1 Å². The van der Waals surface area contributed by atoms with E-state index >= 15 is 0 Å². The fraction of sp³-hybridized carbons (Fsp3) is 0.476. The molecule has 1 saturated heterocycles. The minimum Gasteiger partial charge on any atom is -0.486 e. The average molecular weight is 397 g/mol. The van der Waals surface area contributed by atoms with E-state index in [0.29, 0.717) is 25.5 Å². The summed E-state index contributed by atoms with van der Waals surface area (Å²) in [7, 11) is 0. The molecule has 2 aliphatic heterocycles. The van der Waals surface area contributed by atoms with E-state index in [2.05, 4.69) is 32.0 Å². The molecular formula is C21H27N5O3. The number of nitrogens with zero attached hydrogens (tertiary/aromatic N) is 4. The number of amides is 1. The number of fused-ring (bicyclic) bond motifs is 1. The van der Waals surface area contributed by atoms with Crippen LogP contribution in [0.25, 0.3) is 0 Å². The Morgan fingerprint density at radius 2 is 1.79 bits per heavy atom. The van der Waals surface area contributed by atoms with Crippen molar-refractivity contribution in [3.05, 3.63) is 36.2 Å². The van der Waals surface area contributed by atoms with Crippen LogP contribution in [-0.2, 0) is 11.2 Å². The highest BCUT2D eigenvalue weighted by Gasteiger charge is 2.21. The Bertz CT molecular complexity index is 835. The van der Waals surface area contributed by atoms with Gasteiger partial charge in [0.1, 0.15) is 13.2 Å². The largest absolute Gasteiger partial charge is 0.486 e. The van der Waals surface area contributed by atoms with E-state index < -0.39 is 0 Å². The summed E-state index contributed by atoms with van der Waals surface area (Å²) < 4.78 is 11.1. The molecule has 0 bridgehead atoms. The summed E-state index contributed by atoms with van der Waals surface area (Å²) in [6.45, 7) is 6.81. The van der Waals surface area contributed by atoms with Crippen molar-refractivity contribution in [3.8, 4) is 11.5 Å². The van der Waals surface area contributed by atoms with E-state index in [0.717, 1.165) is 56.4 Å². The number of nitrogens with one attached hydrogen (secondary N) is 1. The molecule has 4 rings (SSSR count). The SMILES string of the molecule is CCCc1cnc(N2CCN(CC(=O)Nc3ccc4c(c3)OCCO4)CC2)nc1. The highest BCUT2D eigenvalue weighted by molar-refractivity contribution is 5.92. The molecule has 29 heavy (non-hydrogen) atoms. The van der Waals surface area contributed by atoms with Gasteiger partial charge in [0.05, 0.1) is 6.54 Å². The number of carbonyl (C=O) groups is 1. The molecule has 0 radical (unpaired) electrons. The van der Waals surface area contributed by atoms with Crippen molar-refractivity contribution in [2.45, 2.75) is 19.8 Å². The van der Waals surface area contributed by atoms with Gasteiger partial charge in [0, 0.05) is 50.3 Å². The Balaban J connectivity index is 1.25. The summed E-state index contributed by atoms with van der Waals surface area (Å²) in [6.07, 6.45) is 5.93. The van der Waals surface area contributed by atoms with Crippen LogP contribution in [0.5, 0.6) is 11.5 Å². The Morgan fingerprint density at radius 1 is 1.07 bits per heavy atom. The Kier molecular flexibility index (Phi) is 6.09. The quantitative estimate of drug-likeness (QED) is 0.798. The average Bonchev–Trinajstić information content (AvgIpc) is 2.75. The Labute approximate surface area is 170 Å². The van der Waals surface area contributed by atoms with Gasteiger partial charge in [0.25, 0.3) is 0 Å². The summed E-state index contributed by atoms with van der Waals surface area (Å²) in [4.78, 5) is 25.7. The van der Waals surface area contributed by atoms with Gasteiger partial charge in [0.15, 0.2) is 11.5 Å². The number of benzene rings is 1. The first-order valence-electron chi connectivity index (χ1n) is 10.2. The molecule has 1 aromatic carbocycles. The number of hydrogen-bond acceptors (Lipinski definition) is 7. The highest BCUT2D eigenvalue weighted by atomic mass is 16.6. The van der Waals surface area contributed by atoms with Crippen molar-refractivity contribution in [1.82, 2.24) is 14.9 Å². The molecule has 1 fully saturated rings. The minimum atomic E-state index is -0.0321. The molecular weight excluding hydrogens is 370 g/mol. The molecule has 8 heteroatoms. The second-order valence-corrected chi connectivity index (χ2v) is 7.31. The van der Waals surface area contributed by atoms with Crippen molar-refractivity contribution in [1.29, 1.82) is 0 Å². The lowest BCUT2D eigenvalue weighted by molar-refractivity contribution is -0.117. The number of aryl methyl sites for hydroxylation is 1. The van der Waals surface area contributed by atoms with Gasteiger partial charge in [-0.25, -0.2) is 9.97 Å². The summed E-state index contributed by atoms with van der Waals surface area (Å²) >= 11 is 0. The van der Waals surface area contributed by atoms with Crippen molar-refractivity contribution < 1.29 is 14.3 Å². The zero-order chi connectivity index (χ0) is 20.1. The molecule has 2 aliphatic rings. The predicted octanol–water partition coefficient (Wildman–Crippen LogP) is 1.96. The molecule has 1 aromatic heterocycles. The number of anilines is 2. The van der Waals surface area contributed by atoms with E-state index in [1.165, 1.54) is 5.56 Å². The Hall–Kier alpha value is -2.87. The molecule has 0 unspecified atom stereocenters. The number of rotatable bonds is 6. The van der Waals surface area contributed by atoms with Gasteiger partial charge in [-0.15, -0.1) is 0 Å². The van der Waals surface area contributed by atoms with Gasteiger partial charge in [0.2, 0.25) is 11.9 Å². The van der Waals surface area contributed by atoms with Crippen molar-refractivity contribution >= 4 is 17.5 Å². The predicted molar refractivity (Wildman–Crippen MR) is 111 cm³/mol. The lowest BCUT2D eigenvalue weighted by Crippen LogP contribution is -2.49. The first-order chi connectivity index (χ1) is 14.2. The van der Waals surface area contributed by atoms with Crippen LogP contribution in [0, 0.1) is 0 Å². The lowest BCUT2D eigenvalue weighted by atomic mass is 10.2. The second kappa shape index (κ2) is 9.09. The number of carbonyl (C=O) groups excluding carboxylic acids is 1. The number of piperazine rings is 1. The van der Waals surface area contributed by atoms with Crippen LogP contribution in [0.4, 0.5) is 11.6 Å². The molecule has 2 aromatic rings. The molecule has 0 aliphatic carbocycles. The maximum Gasteiger partial charge on any atom is 0.238 e. The molecule has 1 N–H and O–H groups in total. The van der Waals surface area contributed by atoms with Gasteiger partial charge in [-0.2, -0.15) is 0 Å². The number of ether oxygens (including phenoxy) is 2. The van der Waals surface area contributed by atoms with E-state index in [4.69, 9.17) is 9.47 Å². The number of aromatic nitrogens is 2. The summed E-state index contributed by atoms with van der Waals surface area (Å²) in [5, 5.41) is 2.95. The number of hydrogen-bond donors (Lipinski definition) is 1. The van der Waals surface area contributed by atoms with Crippen LogP contribution in [0.1, 0.15) is 18.9 Å². The monoisotopic (exact) mass is 397 g/mol. The maximum absolute atomic E-state index is 12.4.